The number of aliphatic hydroxyl groups is 1. The van der Waals surface area contributed by atoms with Crippen molar-refractivity contribution >= 4 is 23.4 Å². The maximum atomic E-state index is 13.4. The predicted octanol–water partition coefficient (Wildman–Crippen LogP) is 4.77. The van der Waals surface area contributed by atoms with Gasteiger partial charge < -0.3 is 15.3 Å². The van der Waals surface area contributed by atoms with Crippen LogP contribution in [0.25, 0.3) is 0 Å². The van der Waals surface area contributed by atoms with E-state index in [2.05, 4.69) is 17.4 Å². The average molecular weight is 475 g/mol. The van der Waals surface area contributed by atoms with Gasteiger partial charge in [-0.3, -0.25) is 9.59 Å². The Kier molecular flexibility index (Phi) is 7.69. The lowest BCUT2D eigenvalue weighted by Gasteiger charge is -2.40. The van der Waals surface area contributed by atoms with Crippen LogP contribution in [-0.2, 0) is 9.59 Å². The Morgan fingerprint density at radius 3 is 2.24 bits per heavy atom. The molecule has 1 aromatic carbocycles. The van der Waals surface area contributed by atoms with E-state index in [1.165, 1.54) is 24.8 Å². The number of piperidine rings is 1. The first-order chi connectivity index (χ1) is 15.8. The molecule has 182 valence electrons. The molecule has 2 aliphatic carbocycles. The number of nitrogens with one attached hydrogen (secondary N) is 1. The van der Waals surface area contributed by atoms with Crippen molar-refractivity contribution in [1.82, 2.24) is 10.2 Å². The summed E-state index contributed by atoms with van der Waals surface area (Å²) in [6.07, 6.45) is 7.75. The summed E-state index contributed by atoms with van der Waals surface area (Å²) >= 11 is 6.02. The van der Waals surface area contributed by atoms with Crippen molar-refractivity contribution in [2.24, 2.45) is 23.2 Å². The number of hydrogen-bond donors (Lipinski definition) is 2. The third kappa shape index (κ3) is 5.74. The average Bonchev–Trinajstić information content (AvgIpc) is 3.16. The molecular weight excluding hydrogens is 436 g/mol. The number of rotatable bonds is 7. The number of nitrogens with zero attached hydrogens (tertiary/aromatic N) is 1. The number of benzene rings is 1. The minimum atomic E-state index is -0.513. The molecule has 4 rings (SSSR count). The van der Waals surface area contributed by atoms with E-state index in [0.717, 1.165) is 30.7 Å². The van der Waals surface area contributed by atoms with Gasteiger partial charge in [0.1, 0.15) is 6.04 Å². The molecule has 1 aromatic rings. The van der Waals surface area contributed by atoms with Gasteiger partial charge in [-0.05, 0) is 73.5 Å². The lowest BCUT2D eigenvalue weighted by molar-refractivity contribution is -0.139. The second kappa shape index (κ2) is 10.4. The van der Waals surface area contributed by atoms with Crippen LogP contribution in [0.1, 0.15) is 76.7 Å². The summed E-state index contributed by atoms with van der Waals surface area (Å²) in [5, 5.41) is 14.0. The topological polar surface area (TPSA) is 69.6 Å². The Hall–Kier alpha value is -1.59. The molecule has 2 N–H and O–H groups in total. The summed E-state index contributed by atoms with van der Waals surface area (Å²) < 4.78 is 0. The van der Waals surface area contributed by atoms with Crippen LogP contribution in [0.15, 0.2) is 24.3 Å². The van der Waals surface area contributed by atoms with E-state index < -0.39 is 6.04 Å². The lowest BCUT2D eigenvalue weighted by atomic mass is 9.67. The molecule has 0 spiro atoms. The highest BCUT2D eigenvalue weighted by atomic mass is 35.5. The number of carbonyl (C=O) groups is 2. The number of likely N-dealkylation sites (tertiary alicyclic amines) is 1. The summed E-state index contributed by atoms with van der Waals surface area (Å²) in [4.78, 5) is 28.4. The Bertz CT molecular complexity index is 820. The Morgan fingerprint density at radius 2 is 1.70 bits per heavy atom. The molecule has 5 nitrogen and oxygen atoms in total. The first kappa shape index (κ1) is 24.5. The molecule has 3 aliphatic rings. The van der Waals surface area contributed by atoms with Crippen molar-refractivity contribution in [1.29, 1.82) is 0 Å². The van der Waals surface area contributed by atoms with Crippen LogP contribution >= 0.6 is 11.6 Å². The third-order valence-electron chi connectivity index (χ3n) is 8.36. The molecule has 3 fully saturated rings. The van der Waals surface area contributed by atoms with Crippen molar-refractivity contribution in [3.8, 4) is 0 Å². The number of fused-ring (bicyclic) bond motifs is 2. The number of aliphatic hydroxyl groups excluding tert-OH is 1. The molecule has 1 heterocycles. The molecule has 1 saturated heterocycles. The van der Waals surface area contributed by atoms with Gasteiger partial charge in [0.2, 0.25) is 11.8 Å². The zero-order valence-corrected chi connectivity index (χ0v) is 20.8. The normalized spacial score (nSPS) is 28.7. The Labute approximate surface area is 203 Å². The second-order valence-electron chi connectivity index (χ2n) is 11.2. The lowest BCUT2D eigenvalue weighted by Crippen LogP contribution is -2.53. The van der Waals surface area contributed by atoms with Crippen LogP contribution < -0.4 is 5.32 Å². The molecule has 2 bridgehead atoms. The molecule has 33 heavy (non-hydrogen) atoms. The van der Waals surface area contributed by atoms with E-state index in [1.54, 1.807) is 0 Å². The largest absolute Gasteiger partial charge is 0.396 e. The summed E-state index contributed by atoms with van der Waals surface area (Å²) in [5.74, 6) is 1.68. The summed E-state index contributed by atoms with van der Waals surface area (Å²) in [6, 6.07) is 7.50. The van der Waals surface area contributed by atoms with Crippen LogP contribution in [-0.4, -0.2) is 47.6 Å². The molecule has 0 radical (unpaired) electrons. The van der Waals surface area contributed by atoms with E-state index in [4.69, 9.17) is 11.6 Å². The van der Waals surface area contributed by atoms with E-state index >= 15 is 0 Å². The third-order valence-corrected chi connectivity index (χ3v) is 8.61. The SMILES string of the molecule is CC(C)[C@@H](NC(=O)CC1(CO)CC2CCC(C2)C1)C(=O)N1CCC(c2ccc(Cl)cc2)CC1. The Balaban J connectivity index is 1.33. The fourth-order valence-electron chi connectivity index (χ4n) is 6.63. The molecule has 2 amide bonds. The number of hydrogen-bond acceptors (Lipinski definition) is 3. The van der Waals surface area contributed by atoms with Crippen LogP contribution in [0.5, 0.6) is 0 Å². The molecular formula is C27H39ClN2O3. The van der Waals surface area contributed by atoms with Gasteiger partial charge in [-0.15, -0.1) is 0 Å². The van der Waals surface area contributed by atoms with Crippen molar-refractivity contribution in [2.45, 2.75) is 77.2 Å². The summed E-state index contributed by atoms with van der Waals surface area (Å²) in [5.41, 5.74) is 0.964. The van der Waals surface area contributed by atoms with Gasteiger partial charge in [-0.1, -0.05) is 50.4 Å². The minimum Gasteiger partial charge on any atom is -0.396 e. The van der Waals surface area contributed by atoms with Gasteiger partial charge in [0.25, 0.3) is 0 Å². The first-order valence-corrected chi connectivity index (χ1v) is 13.1. The van der Waals surface area contributed by atoms with Crippen molar-refractivity contribution in [3.63, 3.8) is 0 Å². The van der Waals surface area contributed by atoms with Gasteiger partial charge in [0.15, 0.2) is 0 Å². The standard InChI is InChI=1S/C27H39ClN2O3/c1-18(2)25(29-24(32)16-27(17-31)14-19-3-4-20(13-19)15-27)26(33)30-11-9-22(10-12-30)21-5-7-23(28)8-6-21/h5-8,18-20,22,25,31H,3-4,9-17H2,1-2H3,(H,29,32)/t19?,20?,25-,27?/m1/s1. The molecule has 2 saturated carbocycles. The summed E-state index contributed by atoms with van der Waals surface area (Å²) in [7, 11) is 0. The van der Waals surface area contributed by atoms with Gasteiger partial charge in [-0.25, -0.2) is 0 Å². The molecule has 1 aliphatic heterocycles. The zero-order valence-electron chi connectivity index (χ0n) is 20.1. The van der Waals surface area contributed by atoms with Gasteiger partial charge in [-0.2, -0.15) is 0 Å². The highest BCUT2D eigenvalue weighted by molar-refractivity contribution is 6.30. The van der Waals surface area contributed by atoms with Crippen molar-refractivity contribution in [3.05, 3.63) is 34.9 Å². The van der Waals surface area contributed by atoms with Gasteiger partial charge in [0.05, 0.1) is 0 Å². The van der Waals surface area contributed by atoms with E-state index in [1.807, 2.05) is 30.9 Å². The van der Waals surface area contributed by atoms with Crippen LogP contribution in [0.2, 0.25) is 5.02 Å². The zero-order chi connectivity index (χ0) is 23.6. The quantitative estimate of drug-likeness (QED) is 0.598. The number of halogens is 1. The number of amides is 2. The second-order valence-corrected chi connectivity index (χ2v) is 11.7. The van der Waals surface area contributed by atoms with Crippen LogP contribution in [0, 0.1) is 23.2 Å². The van der Waals surface area contributed by atoms with Crippen LogP contribution in [0.3, 0.4) is 0 Å². The van der Waals surface area contributed by atoms with E-state index in [9.17, 15) is 14.7 Å². The van der Waals surface area contributed by atoms with E-state index in [-0.39, 0.29) is 29.8 Å². The Morgan fingerprint density at radius 1 is 1.09 bits per heavy atom. The fraction of sp³-hybridized carbons (Fsp3) is 0.704. The van der Waals surface area contributed by atoms with Gasteiger partial charge in [0, 0.05) is 36.6 Å². The molecule has 0 aromatic heterocycles. The van der Waals surface area contributed by atoms with Crippen molar-refractivity contribution < 1.29 is 14.7 Å². The predicted molar refractivity (Wildman–Crippen MR) is 131 cm³/mol. The van der Waals surface area contributed by atoms with E-state index in [0.29, 0.717) is 37.3 Å². The monoisotopic (exact) mass is 474 g/mol. The number of carbonyl (C=O) groups excluding carboxylic acids is 2. The van der Waals surface area contributed by atoms with Gasteiger partial charge >= 0.3 is 0 Å². The van der Waals surface area contributed by atoms with Crippen LogP contribution in [0.4, 0.5) is 0 Å². The smallest absolute Gasteiger partial charge is 0.245 e. The highest BCUT2D eigenvalue weighted by Crippen LogP contribution is 2.52. The minimum absolute atomic E-state index is 0.0167. The van der Waals surface area contributed by atoms with Crippen molar-refractivity contribution in [2.75, 3.05) is 19.7 Å². The molecule has 3 atom stereocenters. The fourth-order valence-corrected chi connectivity index (χ4v) is 6.76. The molecule has 2 unspecified atom stereocenters. The maximum Gasteiger partial charge on any atom is 0.245 e. The first-order valence-electron chi connectivity index (χ1n) is 12.7. The highest BCUT2D eigenvalue weighted by Gasteiger charge is 2.45. The molecule has 6 heteroatoms. The maximum absolute atomic E-state index is 13.4. The summed E-state index contributed by atoms with van der Waals surface area (Å²) in [6.45, 7) is 5.45.